The second-order valence-corrected chi connectivity index (χ2v) is 5.97. The summed E-state index contributed by atoms with van der Waals surface area (Å²) in [7, 11) is 0. The highest BCUT2D eigenvalue weighted by Crippen LogP contribution is 2.13. The lowest BCUT2D eigenvalue weighted by Crippen LogP contribution is -2.41. The minimum Gasteiger partial charge on any atom is -0.494 e. The van der Waals surface area contributed by atoms with Gasteiger partial charge in [-0.1, -0.05) is 19.8 Å². The number of carbonyl (C=O) groups is 3. The molecule has 0 aliphatic rings. The van der Waals surface area contributed by atoms with Crippen molar-refractivity contribution in [3.8, 4) is 5.75 Å². The molecule has 3 amide bonds. The average Bonchev–Trinajstić information content (AvgIpc) is 3.22. The van der Waals surface area contributed by atoms with Crippen molar-refractivity contribution in [3.63, 3.8) is 0 Å². The first-order valence-electron chi connectivity index (χ1n) is 9.08. The Morgan fingerprint density at radius 3 is 2.54 bits per heavy atom. The van der Waals surface area contributed by atoms with E-state index in [4.69, 9.17) is 13.9 Å². The number of ether oxygens (including phenoxy) is 2. The first kappa shape index (κ1) is 21.0. The van der Waals surface area contributed by atoms with Gasteiger partial charge in [-0.15, -0.1) is 0 Å². The van der Waals surface area contributed by atoms with E-state index in [0.29, 0.717) is 18.1 Å². The molecule has 28 heavy (non-hydrogen) atoms. The fourth-order valence-electron chi connectivity index (χ4n) is 2.23. The van der Waals surface area contributed by atoms with E-state index < -0.39 is 24.5 Å². The Morgan fingerprint density at radius 2 is 1.86 bits per heavy atom. The maximum Gasteiger partial charge on any atom is 0.338 e. The van der Waals surface area contributed by atoms with Crippen molar-refractivity contribution in [2.24, 2.45) is 0 Å². The van der Waals surface area contributed by atoms with Crippen LogP contribution < -0.4 is 15.4 Å². The van der Waals surface area contributed by atoms with Gasteiger partial charge in [0.15, 0.2) is 6.61 Å². The number of esters is 1. The number of amides is 3. The first-order valence-corrected chi connectivity index (χ1v) is 9.08. The van der Waals surface area contributed by atoms with E-state index in [1.807, 2.05) is 0 Å². The summed E-state index contributed by atoms with van der Waals surface area (Å²) in [5.74, 6) is -0.185. The highest BCUT2D eigenvalue weighted by Gasteiger charge is 2.13. The summed E-state index contributed by atoms with van der Waals surface area (Å²) in [6, 6.07) is 9.13. The molecule has 2 N–H and O–H groups in total. The highest BCUT2D eigenvalue weighted by atomic mass is 16.5. The van der Waals surface area contributed by atoms with Crippen molar-refractivity contribution in [2.45, 2.75) is 32.7 Å². The van der Waals surface area contributed by atoms with Crippen LogP contribution in [-0.2, 0) is 16.1 Å². The highest BCUT2D eigenvalue weighted by molar-refractivity contribution is 5.97. The molecular weight excluding hydrogens is 364 g/mol. The standard InChI is InChI=1S/C20H24N2O6/c1-2-3-4-11-26-16-9-7-15(8-10-16)19(24)28-14-18(23)22-20(25)21-13-17-6-5-12-27-17/h5-10,12H,2-4,11,13-14H2,1H3,(H2,21,22,23,25). The second-order valence-electron chi connectivity index (χ2n) is 5.97. The lowest BCUT2D eigenvalue weighted by molar-refractivity contribution is -0.123. The SMILES string of the molecule is CCCCCOc1ccc(C(=O)OCC(=O)NC(=O)NCc2ccco2)cc1. The quantitative estimate of drug-likeness (QED) is 0.479. The van der Waals surface area contributed by atoms with Crippen LogP contribution >= 0.6 is 0 Å². The summed E-state index contributed by atoms with van der Waals surface area (Å²) in [6.07, 6.45) is 4.68. The topological polar surface area (TPSA) is 107 Å². The van der Waals surface area contributed by atoms with Crippen molar-refractivity contribution in [1.29, 1.82) is 0 Å². The molecule has 0 radical (unpaired) electrons. The van der Waals surface area contributed by atoms with Gasteiger partial charge in [0.25, 0.3) is 5.91 Å². The van der Waals surface area contributed by atoms with Gasteiger partial charge in [0.1, 0.15) is 11.5 Å². The zero-order valence-electron chi connectivity index (χ0n) is 15.7. The normalized spacial score (nSPS) is 10.2. The third-order valence-corrected chi connectivity index (χ3v) is 3.70. The van der Waals surface area contributed by atoms with Crippen molar-refractivity contribution >= 4 is 17.9 Å². The molecule has 0 saturated heterocycles. The van der Waals surface area contributed by atoms with E-state index in [2.05, 4.69) is 17.6 Å². The Morgan fingerprint density at radius 1 is 1.07 bits per heavy atom. The van der Waals surface area contributed by atoms with Gasteiger partial charge in [-0.3, -0.25) is 10.1 Å². The van der Waals surface area contributed by atoms with Crippen molar-refractivity contribution < 1.29 is 28.3 Å². The van der Waals surface area contributed by atoms with E-state index in [-0.39, 0.29) is 12.1 Å². The molecule has 0 bridgehead atoms. The Kier molecular flexibility index (Phi) is 8.58. The predicted octanol–water partition coefficient (Wildman–Crippen LogP) is 3.03. The fraction of sp³-hybridized carbons (Fsp3) is 0.350. The van der Waals surface area contributed by atoms with Gasteiger partial charge in [-0.25, -0.2) is 9.59 Å². The number of rotatable bonds is 10. The molecule has 150 valence electrons. The van der Waals surface area contributed by atoms with Gasteiger partial charge >= 0.3 is 12.0 Å². The monoisotopic (exact) mass is 388 g/mol. The summed E-state index contributed by atoms with van der Waals surface area (Å²) in [6.45, 7) is 2.31. The van der Waals surface area contributed by atoms with Crippen LogP contribution in [0.2, 0.25) is 0 Å². The Labute approximate surface area is 163 Å². The zero-order chi connectivity index (χ0) is 20.2. The molecule has 0 aliphatic carbocycles. The van der Waals surface area contributed by atoms with Crippen molar-refractivity contribution in [3.05, 3.63) is 54.0 Å². The number of hydrogen-bond acceptors (Lipinski definition) is 6. The summed E-state index contributed by atoms with van der Waals surface area (Å²) in [5.41, 5.74) is 0.288. The number of hydrogen-bond donors (Lipinski definition) is 2. The molecular formula is C20H24N2O6. The number of urea groups is 1. The Balaban J connectivity index is 1.67. The van der Waals surface area contributed by atoms with Crippen LogP contribution in [0.1, 0.15) is 42.3 Å². The van der Waals surface area contributed by atoms with Gasteiger partial charge in [-0.2, -0.15) is 0 Å². The van der Waals surface area contributed by atoms with Crippen LogP contribution in [0.15, 0.2) is 47.1 Å². The first-order chi connectivity index (χ1) is 13.6. The van der Waals surface area contributed by atoms with E-state index >= 15 is 0 Å². The predicted molar refractivity (Wildman–Crippen MR) is 101 cm³/mol. The lowest BCUT2D eigenvalue weighted by Gasteiger charge is -2.08. The maximum absolute atomic E-state index is 12.0. The molecule has 1 aromatic carbocycles. The molecule has 2 aromatic rings. The molecule has 8 heteroatoms. The third kappa shape index (κ3) is 7.53. The number of unbranched alkanes of at least 4 members (excludes halogenated alkanes) is 2. The van der Waals surface area contributed by atoms with Crippen LogP contribution in [0.3, 0.4) is 0 Å². The summed E-state index contributed by atoms with van der Waals surface area (Å²) in [4.78, 5) is 35.2. The Hall–Kier alpha value is -3.29. The number of imide groups is 1. The van der Waals surface area contributed by atoms with E-state index in [1.54, 1.807) is 36.4 Å². The molecule has 0 fully saturated rings. The van der Waals surface area contributed by atoms with Crippen LogP contribution in [0.5, 0.6) is 5.75 Å². The van der Waals surface area contributed by atoms with Gasteiger partial charge < -0.3 is 19.2 Å². The fourth-order valence-corrected chi connectivity index (χ4v) is 2.23. The lowest BCUT2D eigenvalue weighted by atomic mass is 10.2. The van der Waals surface area contributed by atoms with Gasteiger partial charge in [0.2, 0.25) is 0 Å². The van der Waals surface area contributed by atoms with E-state index in [1.165, 1.54) is 6.26 Å². The van der Waals surface area contributed by atoms with E-state index in [0.717, 1.165) is 19.3 Å². The molecule has 0 spiro atoms. The number of benzene rings is 1. The summed E-state index contributed by atoms with van der Waals surface area (Å²) < 4.78 is 15.5. The molecule has 2 rings (SSSR count). The maximum atomic E-state index is 12.0. The molecule has 8 nitrogen and oxygen atoms in total. The molecule has 0 unspecified atom stereocenters. The van der Waals surface area contributed by atoms with Crippen LogP contribution in [0, 0.1) is 0 Å². The van der Waals surface area contributed by atoms with Gasteiger partial charge in [0.05, 0.1) is 25.0 Å². The number of carbonyl (C=O) groups excluding carboxylic acids is 3. The Bertz CT molecular complexity index is 756. The average molecular weight is 388 g/mol. The largest absolute Gasteiger partial charge is 0.494 e. The third-order valence-electron chi connectivity index (χ3n) is 3.70. The van der Waals surface area contributed by atoms with Crippen LogP contribution in [-0.4, -0.2) is 31.1 Å². The molecule has 0 aliphatic heterocycles. The smallest absolute Gasteiger partial charge is 0.338 e. The molecule has 1 heterocycles. The second kappa shape index (κ2) is 11.4. The number of nitrogens with one attached hydrogen (secondary N) is 2. The molecule has 0 atom stereocenters. The molecule has 1 aromatic heterocycles. The van der Waals surface area contributed by atoms with E-state index in [9.17, 15) is 14.4 Å². The van der Waals surface area contributed by atoms with Gasteiger partial charge in [0, 0.05) is 0 Å². The minimum atomic E-state index is -0.735. The molecule has 0 saturated carbocycles. The van der Waals surface area contributed by atoms with Crippen molar-refractivity contribution in [2.75, 3.05) is 13.2 Å². The summed E-state index contributed by atoms with van der Waals surface area (Å²) in [5, 5.41) is 4.51. The zero-order valence-corrected chi connectivity index (χ0v) is 15.7. The van der Waals surface area contributed by atoms with Crippen molar-refractivity contribution in [1.82, 2.24) is 10.6 Å². The van der Waals surface area contributed by atoms with Gasteiger partial charge in [-0.05, 0) is 42.8 Å². The van der Waals surface area contributed by atoms with Crippen LogP contribution in [0.4, 0.5) is 4.79 Å². The minimum absolute atomic E-state index is 0.138. The van der Waals surface area contributed by atoms with Crippen LogP contribution in [0.25, 0.3) is 0 Å². The number of furan rings is 1. The summed E-state index contributed by atoms with van der Waals surface area (Å²) >= 11 is 0.